The van der Waals surface area contributed by atoms with E-state index in [1.165, 1.54) is 0 Å². The summed E-state index contributed by atoms with van der Waals surface area (Å²) in [5.41, 5.74) is 5.98. The number of carbonyl (C=O) groups is 2. The Labute approximate surface area is 113 Å². The quantitative estimate of drug-likeness (QED) is 0.667. The molecule has 92 valence electrons. The molecule has 1 unspecified atom stereocenters. The summed E-state index contributed by atoms with van der Waals surface area (Å²) in [6.45, 7) is 1.71. The Hall–Kier alpha value is -1.31. The molecule has 0 spiro atoms. The minimum Gasteiger partial charge on any atom is -0.444 e. The lowest BCUT2D eigenvalue weighted by Crippen LogP contribution is -2.40. The molecule has 0 radical (unpaired) electrons. The van der Waals surface area contributed by atoms with E-state index in [0.29, 0.717) is 0 Å². The fourth-order valence-corrected chi connectivity index (χ4v) is 1.46. The number of ether oxygens (including phenoxy) is 1. The third-order valence-electron chi connectivity index (χ3n) is 2.13. The number of nitrogens with zero attached hydrogens (tertiary/aromatic N) is 1. The van der Waals surface area contributed by atoms with Crippen LogP contribution in [0.15, 0.2) is 30.3 Å². The lowest BCUT2D eigenvalue weighted by Gasteiger charge is -2.19. The van der Waals surface area contributed by atoms with Crippen molar-refractivity contribution in [1.29, 1.82) is 0 Å². The molecule has 17 heavy (non-hydrogen) atoms. The number of amides is 2. The molecule has 6 heteroatoms. The molecular weight excluding hydrogens is 335 g/mol. The summed E-state index contributed by atoms with van der Waals surface area (Å²) < 4.78 is 6.17. The van der Waals surface area contributed by atoms with Crippen molar-refractivity contribution < 1.29 is 14.3 Å². The third-order valence-corrected chi connectivity index (χ3v) is 3.36. The van der Waals surface area contributed by atoms with Crippen LogP contribution >= 0.6 is 22.9 Å². The molecule has 1 aromatic rings. The smallest absolute Gasteiger partial charge is 0.419 e. The molecule has 0 aliphatic carbocycles. The van der Waals surface area contributed by atoms with Crippen molar-refractivity contribution in [1.82, 2.24) is 3.11 Å². The number of rotatable bonds is 4. The van der Waals surface area contributed by atoms with Crippen molar-refractivity contribution in [2.75, 3.05) is 0 Å². The minimum absolute atomic E-state index is 0.171. The Balaban J connectivity index is 2.47. The van der Waals surface area contributed by atoms with Gasteiger partial charge in [-0.25, -0.2) is 7.91 Å². The number of benzene rings is 1. The molecule has 0 aliphatic rings. The van der Waals surface area contributed by atoms with Gasteiger partial charge in [0.05, 0.1) is 22.9 Å². The normalized spacial score (nSPS) is 11.6. The van der Waals surface area contributed by atoms with Crippen LogP contribution in [0.4, 0.5) is 4.79 Å². The average molecular weight is 348 g/mol. The minimum atomic E-state index is -0.695. The van der Waals surface area contributed by atoms with Crippen molar-refractivity contribution in [3.05, 3.63) is 35.9 Å². The van der Waals surface area contributed by atoms with E-state index in [9.17, 15) is 9.59 Å². The lowest BCUT2D eigenvalue weighted by atomic mass is 10.2. The molecule has 0 saturated heterocycles. The summed E-state index contributed by atoms with van der Waals surface area (Å²) in [5.74, 6) is -0.573. The van der Waals surface area contributed by atoms with Crippen LogP contribution in [0, 0.1) is 0 Å². The summed E-state index contributed by atoms with van der Waals surface area (Å²) in [6.07, 6.45) is -0.583. The van der Waals surface area contributed by atoms with E-state index in [2.05, 4.69) is 0 Å². The Morgan fingerprint density at radius 2 is 2.00 bits per heavy atom. The highest BCUT2D eigenvalue weighted by Crippen LogP contribution is 2.10. The maximum atomic E-state index is 11.6. The number of nitrogens with two attached hydrogens (primary N) is 1. The summed E-state index contributed by atoms with van der Waals surface area (Å²) in [7, 11) is 0. The molecule has 5 nitrogen and oxygen atoms in total. The van der Waals surface area contributed by atoms with Gasteiger partial charge in [0.25, 0.3) is 0 Å². The van der Waals surface area contributed by atoms with Crippen LogP contribution in [0.1, 0.15) is 12.5 Å². The molecule has 0 fully saturated rings. The first-order chi connectivity index (χ1) is 8.02. The van der Waals surface area contributed by atoms with Gasteiger partial charge in [-0.05, 0) is 12.5 Å². The van der Waals surface area contributed by atoms with E-state index in [4.69, 9.17) is 10.5 Å². The fraction of sp³-hybridized carbons (Fsp3) is 0.273. The Morgan fingerprint density at radius 3 is 2.53 bits per heavy atom. The number of carbonyl (C=O) groups excluding carboxylic acids is 2. The highest BCUT2D eigenvalue weighted by atomic mass is 127. The van der Waals surface area contributed by atoms with Crippen molar-refractivity contribution in [3.8, 4) is 0 Å². The Kier molecular flexibility index (Phi) is 5.20. The first-order valence-electron chi connectivity index (χ1n) is 4.97. The Morgan fingerprint density at radius 1 is 1.41 bits per heavy atom. The van der Waals surface area contributed by atoms with E-state index in [-0.39, 0.29) is 6.61 Å². The number of hydrogen-bond acceptors (Lipinski definition) is 3. The molecule has 0 saturated carbocycles. The van der Waals surface area contributed by atoms with Crippen LogP contribution < -0.4 is 5.73 Å². The second-order valence-corrected chi connectivity index (χ2v) is 4.47. The van der Waals surface area contributed by atoms with E-state index >= 15 is 0 Å². The van der Waals surface area contributed by atoms with Gasteiger partial charge in [0.2, 0.25) is 5.91 Å². The SMILES string of the molecule is CC(C(N)=O)N(I)C(=O)OCc1ccccc1. The first kappa shape index (κ1) is 13.8. The van der Waals surface area contributed by atoms with Crippen LogP contribution in [0.2, 0.25) is 0 Å². The van der Waals surface area contributed by atoms with Crippen molar-refractivity contribution in [2.24, 2.45) is 5.73 Å². The molecule has 0 aliphatic heterocycles. The van der Waals surface area contributed by atoms with Crippen molar-refractivity contribution in [3.63, 3.8) is 0 Å². The van der Waals surface area contributed by atoms with Gasteiger partial charge in [0, 0.05) is 0 Å². The summed E-state index contributed by atoms with van der Waals surface area (Å²) in [4.78, 5) is 22.4. The van der Waals surface area contributed by atoms with E-state index in [1.54, 1.807) is 29.8 Å². The van der Waals surface area contributed by atoms with Crippen molar-refractivity contribution >= 4 is 34.9 Å². The molecule has 0 aromatic heterocycles. The predicted octanol–water partition coefficient (Wildman–Crippen LogP) is 1.85. The molecule has 2 amide bonds. The Bertz CT molecular complexity index is 397. The first-order valence-corrected chi connectivity index (χ1v) is 5.94. The van der Waals surface area contributed by atoms with Crippen LogP contribution in [0.5, 0.6) is 0 Å². The van der Waals surface area contributed by atoms with Gasteiger partial charge in [0.1, 0.15) is 12.6 Å². The van der Waals surface area contributed by atoms with E-state index < -0.39 is 18.0 Å². The lowest BCUT2D eigenvalue weighted by molar-refractivity contribution is -0.120. The second kappa shape index (κ2) is 6.43. The number of hydrogen-bond donors (Lipinski definition) is 1. The van der Waals surface area contributed by atoms with Gasteiger partial charge in [-0.2, -0.15) is 0 Å². The molecule has 1 aromatic carbocycles. The van der Waals surface area contributed by atoms with Crippen LogP contribution in [0.25, 0.3) is 0 Å². The largest absolute Gasteiger partial charge is 0.444 e. The summed E-state index contributed by atoms with van der Waals surface area (Å²) >= 11 is 1.71. The molecule has 2 N–H and O–H groups in total. The van der Waals surface area contributed by atoms with Gasteiger partial charge in [-0.1, -0.05) is 30.3 Å². The third kappa shape index (κ3) is 4.22. The zero-order valence-electron chi connectivity index (χ0n) is 9.30. The highest BCUT2D eigenvalue weighted by Gasteiger charge is 2.23. The monoisotopic (exact) mass is 348 g/mol. The fourth-order valence-electron chi connectivity index (χ4n) is 1.05. The van der Waals surface area contributed by atoms with Gasteiger partial charge < -0.3 is 10.5 Å². The van der Waals surface area contributed by atoms with Gasteiger partial charge in [-0.3, -0.25) is 4.79 Å². The maximum Gasteiger partial charge on any atom is 0.419 e. The zero-order chi connectivity index (χ0) is 12.8. The maximum absolute atomic E-state index is 11.6. The standard InChI is InChI=1S/C11H13IN2O3/c1-8(10(13)15)14(12)11(16)17-7-9-5-3-2-4-6-9/h2-6,8H,7H2,1H3,(H2,13,15). The second-order valence-electron chi connectivity index (χ2n) is 3.43. The average Bonchev–Trinajstić information content (AvgIpc) is 2.35. The van der Waals surface area contributed by atoms with E-state index in [1.807, 2.05) is 30.3 Å². The zero-order valence-corrected chi connectivity index (χ0v) is 11.5. The molecule has 1 rings (SSSR count). The summed E-state index contributed by atoms with van der Waals surface area (Å²) in [6, 6.07) is 8.60. The van der Waals surface area contributed by atoms with Gasteiger partial charge in [-0.15, -0.1) is 0 Å². The topological polar surface area (TPSA) is 72.6 Å². The molecular formula is C11H13IN2O3. The van der Waals surface area contributed by atoms with Gasteiger partial charge >= 0.3 is 6.09 Å². The van der Waals surface area contributed by atoms with E-state index in [0.717, 1.165) is 8.68 Å². The highest BCUT2D eigenvalue weighted by molar-refractivity contribution is 14.1. The number of primary amides is 1. The molecule has 0 bridgehead atoms. The summed E-state index contributed by atoms with van der Waals surface area (Å²) in [5, 5.41) is 0. The molecule has 0 heterocycles. The predicted molar refractivity (Wildman–Crippen MR) is 71.1 cm³/mol. The van der Waals surface area contributed by atoms with Gasteiger partial charge in [0.15, 0.2) is 0 Å². The van der Waals surface area contributed by atoms with Crippen LogP contribution in [-0.4, -0.2) is 21.2 Å². The van der Waals surface area contributed by atoms with Crippen molar-refractivity contribution in [2.45, 2.75) is 19.6 Å². The van der Waals surface area contributed by atoms with Crippen LogP contribution in [0.3, 0.4) is 0 Å². The van der Waals surface area contributed by atoms with Crippen LogP contribution in [-0.2, 0) is 16.1 Å². The molecule has 1 atom stereocenters. The number of halogens is 1.